The summed E-state index contributed by atoms with van der Waals surface area (Å²) >= 11 is 0. The molecule has 0 aliphatic carbocycles. The molecule has 2 aliphatic rings. The van der Waals surface area contributed by atoms with Gasteiger partial charge in [-0.3, -0.25) is 9.97 Å². The summed E-state index contributed by atoms with van der Waals surface area (Å²) in [6, 6.07) is 7.89. The number of anilines is 5. The molecule has 0 radical (unpaired) electrons. The van der Waals surface area contributed by atoms with Gasteiger partial charge in [-0.05, 0) is 44.0 Å². The highest BCUT2D eigenvalue weighted by Gasteiger charge is 2.25. The van der Waals surface area contributed by atoms with Crippen molar-refractivity contribution >= 4 is 58.5 Å². The third-order valence-electron chi connectivity index (χ3n) is 7.38. The lowest BCUT2D eigenvalue weighted by Gasteiger charge is -2.32. The highest BCUT2D eigenvalue weighted by atomic mass is 31.2. The Morgan fingerprint density at radius 3 is 2.62 bits per heavy atom. The van der Waals surface area contributed by atoms with Crippen LogP contribution in [-0.2, 0) is 9.30 Å². The summed E-state index contributed by atoms with van der Waals surface area (Å²) in [5, 5.41) is 11.7. The van der Waals surface area contributed by atoms with Crippen LogP contribution in [0.2, 0.25) is 0 Å². The van der Waals surface area contributed by atoms with Gasteiger partial charge in [0.1, 0.15) is 24.2 Å². The zero-order valence-corrected chi connectivity index (χ0v) is 25.0. The first-order valence-electron chi connectivity index (χ1n) is 13.8. The zero-order chi connectivity index (χ0) is 29.3. The second-order valence-corrected chi connectivity index (χ2v) is 13.8. The van der Waals surface area contributed by atoms with Gasteiger partial charge < -0.3 is 35.0 Å². The van der Waals surface area contributed by atoms with Crippen LogP contribution < -0.4 is 31.0 Å². The zero-order valence-electron chi connectivity index (χ0n) is 24.1. The van der Waals surface area contributed by atoms with Crippen LogP contribution in [0.1, 0.15) is 17.0 Å². The largest absolute Gasteiger partial charge is 0.494 e. The molecule has 218 valence electrons. The number of aryl methyl sites for hydroxylation is 1. The van der Waals surface area contributed by atoms with Crippen molar-refractivity contribution < 1.29 is 14.0 Å². The van der Waals surface area contributed by atoms with Crippen LogP contribution in [0.3, 0.4) is 0 Å². The summed E-state index contributed by atoms with van der Waals surface area (Å²) in [6.07, 6.45) is 6.93. The number of nitrogens with zero attached hydrogens (tertiary/aromatic N) is 6. The first-order valence-corrected chi connectivity index (χ1v) is 16.4. The number of nitrogens with one attached hydrogen (secondary N) is 3. The van der Waals surface area contributed by atoms with Gasteiger partial charge in [0.05, 0.1) is 42.5 Å². The monoisotopic (exact) mass is 587 g/mol. The average molecular weight is 588 g/mol. The fourth-order valence-corrected chi connectivity index (χ4v) is 6.70. The molecule has 1 unspecified atom stereocenters. The number of hydrogen-bond donors (Lipinski definition) is 3. The minimum Gasteiger partial charge on any atom is -0.494 e. The van der Waals surface area contributed by atoms with Gasteiger partial charge >= 0.3 is 0 Å². The molecule has 0 spiro atoms. The Morgan fingerprint density at radius 1 is 1.07 bits per heavy atom. The molecule has 3 N–H and O–H groups in total. The quantitative estimate of drug-likeness (QED) is 0.258. The number of aromatic nitrogens is 4. The maximum Gasteiger partial charge on any atom is 0.229 e. The lowest BCUT2D eigenvalue weighted by Crippen LogP contribution is -2.37. The normalized spacial score (nSPS) is 16.9. The molecule has 1 atom stereocenters. The van der Waals surface area contributed by atoms with E-state index in [1.807, 2.05) is 25.3 Å². The predicted molar refractivity (Wildman–Crippen MR) is 167 cm³/mol. The number of fused-ring (bicyclic) bond motifs is 1. The summed E-state index contributed by atoms with van der Waals surface area (Å²) in [6.45, 7) is 9.09. The Morgan fingerprint density at radius 2 is 1.88 bits per heavy atom. The lowest BCUT2D eigenvalue weighted by atomic mass is 9.96. The number of methoxy groups -OCH3 is 1. The van der Waals surface area contributed by atoms with Crippen LogP contribution in [0.4, 0.5) is 28.8 Å². The molecule has 2 aromatic carbocycles. The van der Waals surface area contributed by atoms with Gasteiger partial charge in [0, 0.05) is 67.7 Å². The second kappa shape index (κ2) is 11.5. The van der Waals surface area contributed by atoms with E-state index in [9.17, 15) is 4.57 Å². The molecule has 6 rings (SSSR count). The minimum atomic E-state index is -2.73. The van der Waals surface area contributed by atoms with Crippen LogP contribution in [0, 0.1) is 6.92 Å². The van der Waals surface area contributed by atoms with Gasteiger partial charge in [-0.15, -0.1) is 0 Å². The Hall–Kier alpha value is -4.28. The van der Waals surface area contributed by atoms with Gasteiger partial charge in [-0.25, -0.2) is 4.98 Å². The maximum atomic E-state index is 13.4. The first-order chi connectivity index (χ1) is 20.3. The van der Waals surface area contributed by atoms with Gasteiger partial charge in [0.15, 0.2) is 0 Å². The van der Waals surface area contributed by atoms with E-state index in [4.69, 9.17) is 14.5 Å². The van der Waals surface area contributed by atoms with Crippen LogP contribution in [0.15, 0.2) is 48.0 Å². The first kappa shape index (κ1) is 27.9. The number of morpholine rings is 1. The van der Waals surface area contributed by atoms with E-state index in [1.165, 1.54) is 0 Å². The van der Waals surface area contributed by atoms with Gasteiger partial charge in [0.25, 0.3) is 0 Å². The van der Waals surface area contributed by atoms with Crippen molar-refractivity contribution in [3.63, 3.8) is 0 Å². The highest BCUT2D eigenvalue weighted by Crippen LogP contribution is 2.42. The molecular weight excluding hydrogens is 553 g/mol. The number of rotatable bonds is 8. The number of benzene rings is 2. The minimum absolute atomic E-state index is 0.110. The molecular formula is C29H34N9O3P. The lowest BCUT2D eigenvalue weighted by molar-refractivity contribution is 0.122. The van der Waals surface area contributed by atoms with Crippen LogP contribution in [-0.4, -0.2) is 79.4 Å². The van der Waals surface area contributed by atoms with Crippen molar-refractivity contribution in [2.75, 3.05) is 68.8 Å². The number of hydrogen-bond acceptors (Lipinski definition) is 12. The molecule has 2 aliphatic heterocycles. The SMILES string of the molecule is COc1cc(N2CCOCC2)c(C2C=NNC2)cc1Nc1ncc(C)c(Nc2ccc3nccnc3c2P(C)(C)=O)n1. The van der Waals surface area contributed by atoms with E-state index in [0.29, 0.717) is 52.8 Å². The Bertz CT molecular complexity index is 1700. The highest BCUT2D eigenvalue weighted by molar-refractivity contribution is 7.71. The van der Waals surface area contributed by atoms with Crippen molar-refractivity contribution in [3.05, 3.63) is 54.0 Å². The van der Waals surface area contributed by atoms with E-state index in [2.05, 4.69) is 53.1 Å². The van der Waals surface area contributed by atoms with Crippen LogP contribution >= 0.6 is 7.14 Å². The Kier molecular flexibility index (Phi) is 7.66. The average Bonchev–Trinajstić information content (AvgIpc) is 3.53. The van der Waals surface area contributed by atoms with Crippen molar-refractivity contribution in [2.45, 2.75) is 12.8 Å². The molecule has 1 saturated heterocycles. The standard InChI is InChI=1S/C29H34N9O3P/c1-18-15-32-29(37-28(18)35-22-6-5-21-26(31-8-7-30-21)27(22)42(3,4)39)36-23-13-20(19-16-33-34-17-19)24(14-25(23)40-2)38-9-11-41-12-10-38/h5-8,13-16,19,34H,9-12,17H2,1-4H3,(H2,32,35,36,37). The predicted octanol–water partition coefficient (Wildman–Crippen LogP) is 3.98. The summed E-state index contributed by atoms with van der Waals surface area (Å²) < 4.78 is 24.8. The molecule has 4 heterocycles. The maximum absolute atomic E-state index is 13.4. The van der Waals surface area contributed by atoms with E-state index >= 15 is 0 Å². The molecule has 12 nitrogen and oxygen atoms in total. The summed E-state index contributed by atoms with van der Waals surface area (Å²) in [5.74, 6) is 1.76. The van der Waals surface area contributed by atoms with E-state index in [1.54, 1.807) is 39.0 Å². The topological polar surface area (TPSA) is 139 Å². The van der Waals surface area contributed by atoms with Gasteiger partial charge in [-0.1, -0.05) is 0 Å². The molecule has 0 amide bonds. The van der Waals surface area contributed by atoms with E-state index in [0.717, 1.165) is 42.1 Å². The van der Waals surface area contributed by atoms with E-state index in [-0.39, 0.29) is 5.92 Å². The van der Waals surface area contributed by atoms with Crippen molar-refractivity contribution in [2.24, 2.45) is 5.10 Å². The van der Waals surface area contributed by atoms with Crippen molar-refractivity contribution in [3.8, 4) is 5.75 Å². The molecule has 13 heteroatoms. The van der Waals surface area contributed by atoms with Crippen molar-refractivity contribution in [1.29, 1.82) is 0 Å². The Labute approximate surface area is 244 Å². The smallest absolute Gasteiger partial charge is 0.229 e. The number of hydrazone groups is 1. The molecule has 0 bridgehead atoms. The molecule has 4 aromatic rings. The third-order valence-corrected chi connectivity index (χ3v) is 8.91. The fourth-order valence-electron chi connectivity index (χ4n) is 5.31. The van der Waals surface area contributed by atoms with E-state index < -0.39 is 7.14 Å². The number of ether oxygens (including phenoxy) is 2. The third kappa shape index (κ3) is 5.60. The van der Waals surface area contributed by atoms with Gasteiger partial charge in [0.2, 0.25) is 5.95 Å². The Balaban J connectivity index is 1.36. The fraction of sp³-hybridized carbons (Fsp3) is 0.345. The molecule has 1 fully saturated rings. The summed E-state index contributed by atoms with van der Waals surface area (Å²) in [7, 11) is -1.08. The molecule has 0 saturated carbocycles. The molecule has 2 aromatic heterocycles. The summed E-state index contributed by atoms with van der Waals surface area (Å²) in [5.41, 5.74) is 8.85. The van der Waals surface area contributed by atoms with Crippen LogP contribution in [0.25, 0.3) is 11.0 Å². The van der Waals surface area contributed by atoms with Crippen LogP contribution in [0.5, 0.6) is 5.75 Å². The van der Waals surface area contributed by atoms with Crippen molar-refractivity contribution in [1.82, 2.24) is 25.4 Å². The summed E-state index contributed by atoms with van der Waals surface area (Å²) in [4.78, 5) is 20.6. The molecule has 42 heavy (non-hydrogen) atoms. The van der Waals surface area contributed by atoms with Gasteiger partial charge in [-0.2, -0.15) is 10.1 Å². The second-order valence-electron chi connectivity index (χ2n) is 10.7.